The van der Waals surface area contributed by atoms with Crippen molar-refractivity contribution in [1.82, 2.24) is 15.0 Å². The van der Waals surface area contributed by atoms with Crippen molar-refractivity contribution in [3.63, 3.8) is 0 Å². The summed E-state index contributed by atoms with van der Waals surface area (Å²) >= 11 is 0. The van der Waals surface area contributed by atoms with Crippen molar-refractivity contribution in [1.29, 1.82) is 0 Å². The summed E-state index contributed by atoms with van der Waals surface area (Å²) in [5, 5.41) is 17.4. The third kappa shape index (κ3) is 1.30. The Morgan fingerprint density at radius 1 is 1.07 bits per heavy atom. The lowest BCUT2D eigenvalue weighted by Crippen LogP contribution is -2.03. The quantitative estimate of drug-likeness (QED) is 0.518. The molecule has 0 fully saturated rings. The zero-order chi connectivity index (χ0) is 9.97. The van der Waals surface area contributed by atoms with Gasteiger partial charge in [-0.05, 0) is 12.1 Å². The van der Waals surface area contributed by atoms with Crippen LogP contribution in [0, 0.1) is 0 Å². The van der Waals surface area contributed by atoms with Gasteiger partial charge in [0, 0.05) is 6.20 Å². The summed E-state index contributed by atoms with van der Waals surface area (Å²) in [5.74, 6) is 0.0479. The lowest BCUT2D eigenvalue weighted by Gasteiger charge is -2.05. The molecular formula is C7H7N5O2. The number of rotatable bonds is 2. The Hall–Kier alpha value is -1.99. The largest absolute Gasteiger partial charge is 0.290 e. The predicted octanol–water partition coefficient (Wildman–Crippen LogP) is 0.627. The highest BCUT2D eigenvalue weighted by Crippen LogP contribution is 2.18. The van der Waals surface area contributed by atoms with Gasteiger partial charge in [-0.3, -0.25) is 10.4 Å². The van der Waals surface area contributed by atoms with Crippen LogP contribution in [0.3, 0.4) is 0 Å². The first-order chi connectivity index (χ1) is 6.85. The summed E-state index contributed by atoms with van der Waals surface area (Å²) in [6.07, 6.45) is 1.56. The molecule has 0 spiro atoms. The first-order valence-corrected chi connectivity index (χ1v) is 3.78. The van der Waals surface area contributed by atoms with Crippen molar-refractivity contribution in [3.05, 3.63) is 18.3 Å². The Kier molecular flexibility index (Phi) is 2.09. The summed E-state index contributed by atoms with van der Waals surface area (Å²) in [7, 11) is 0. The van der Waals surface area contributed by atoms with E-state index in [9.17, 15) is 0 Å². The Balaban J connectivity index is 2.69. The van der Waals surface area contributed by atoms with Gasteiger partial charge < -0.3 is 0 Å². The Labute approximate surface area is 78.4 Å². The van der Waals surface area contributed by atoms with E-state index in [1.807, 2.05) is 5.48 Å². The zero-order valence-electron chi connectivity index (χ0n) is 6.97. The van der Waals surface area contributed by atoms with Crippen LogP contribution in [0.1, 0.15) is 0 Å². The number of hydrogen-bond acceptors (Lipinski definition) is 7. The SMILES string of the molecule is ONc1nc2cccnc2nc1NO. The molecule has 72 valence electrons. The number of anilines is 2. The number of nitrogens with one attached hydrogen (secondary N) is 2. The molecule has 4 N–H and O–H groups in total. The molecule has 0 aliphatic heterocycles. The minimum Gasteiger partial charge on any atom is -0.290 e. The van der Waals surface area contributed by atoms with Crippen LogP contribution in [0.15, 0.2) is 18.3 Å². The summed E-state index contributed by atoms with van der Waals surface area (Å²) in [6.45, 7) is 0. The van der Waals surface area contributed by atoms with Crippen LogP contribution in [-0.2, 0) is 0 Å². The summed E-state index contributed by atoms with van der Waals surface area (Å²) in [4.78, 5) is 11.8. The second kappa shape index (κ2) is 3.40. The van der Waals surface area contributed by atoms with Gasteiger partial charge in [0.25, 0.3) is 0 Å². The van der Waals surface area contributed by atoms with Gasteiger partial charge >= 0.3 is 0 Å². The maximum Gasteiger partial charge on any atom is 0.197 e. The third-order valence-corrected chi connectivity index (χ3v) is 1.65. The van der Waals surface area contributed by atoms with Gasteiger partial charge in [0.2, 0.25) is 0 Å². The molecular weight excluding hydrogens is 186 g/mol. The van der Waals surface area contributed by atoms with Crippen LogP contribution in [0.4, 0.5) is 11.6 Å². The number of hydrogen-bond donors (Lipinski definition) is 4. The minimum absolute atomic E-state index is 0.0127. The van der Waals surface area contributed by atoms with E-state index in [1.165, 1.54) is 0 Å². The van der Waals surface area contributed by atoms with Crippen LogP contribution in [0.2, 0.25) is 0 Å². The molecule has 0 bridgehead atoms. The standard InChI is InChI=1S/C7H7N5O2/c13-11-6-7(12-14)10-5-4(9-6)2-1-3-8-5/h1-3,13-14H,(H,9,11)(H,8,10,12). The van der Waals surface area contributed by atoms with Crippen molar-refractivity contribution < 1.29 is 10.4 Å². The fraction of sp³-hybridized carbons (Fsp3) is 0. The van der Waals surface area contributed by atoms with E-state index in [1.54, 1.807) is 23.8 Å². The topological polar surface area (TPSA) is 103 Å². The highest BCUT2D eigenvalue weighted by atomic mass is 16.5. The summed E-state index contributed by atoms with van der Waals surface area (Å²) in [5.41, 5.74) is 4.51. The van der Waals surface area contributed by atoms with E-state index < -0.39 is 0 Å². The lowest BCUT2D eigenvalue weighted by atomic mass is 10.4. The molecule has 2 aromatic heterocycles. The van der Waals surface area contributed by atoms with Crippen LogP contribution in [0.5, 0.6) is 0 Å². The van der Waals surface area contributed by atoms with E-state index in [0.717, 1.165) is 0 Å². The third-order valence-electron chi connectivity index (χ3n) is 1.65. The molecule has 0 unspecified atom stereocenters. The first kappa shape index (κ1) is 8.60. The highest BCUT2D eigenvalue weighted by molar-refractivity contribution is 5.76. The molecule has 2 aromatic rings. The Bertz CT molecular complexity index is 418. The normalized spacial score (nSPS) is 10.1. The number of fused-ring (bicyclic) bond motifs is 1. The molecule has 0 saturated heterocycles. The molecule has 0 amide bonds. The number of aromatic nitrogens is 3. The van der Waals surface area contributed by atoms with Crippen LogP contribution >= 0.6 is 0 Å². The molecule has 0 aliphatic carbocycles. The highest BCUT2D eigenvalue weighted by Gasteiger charge is 2.06. The van der Waals surface area contributed by atoms with Gasteiger partial charge in [0.15, 0.2) is 17.3 Å². The molecule has 0 radical (unpaired) electrons. The summed E-state index contributed by atoms with van der Waals surface area (Å²) < 4.78 is 0. The van der Waals surface area contributed by atoms with Gasteiger partial charge in [0.05, 0.1) is 0 Å². The zero-order valence-corrected chi connectivity index (χ0v) is 6.97. The molecule has 0 saturated carbocycles. The van der Waals surface area contributed by atoms with Gasteiger partial charge in [-0.25, -0.2) is 25.9 Å². The van der Waals surface area contributed by atoms with Crippen molar-refractivity contribution >= 4 is 22.8 Å². The van der Waals surface area contributed by atoms with Crippen LogP contribution < -0.4 is 11.0 Å². The van der Waals surface area contributed by atoms with E-state index in [4.69, 9.17) is 10.4 Å². The van der Waals surface area contributed by atoms with Crippen molar-refractivity contribution in [3.8, 4) is 0 Å². The fourth-order valence-corrected chi connectivity index (χ4v) is 1.05. The molecule has 2 rings (SSSR count). The average molecular weight is 193 g/mol. The number of nitrogens with zero attached hydrogens (tertiary/aromatic N) is 3. The van der Waals surface area contributed by atoms with E-state index in [2.05, 4.69) is 15.0 Å². The lowest BCUT2D eigenvalue weighted by molar-refractivity contribution is 0.373. The molecule has 7 heteroatoms. The Morgan fingerprint density at radius 2 is 1.79 bits per heavy atom. The molecule has 0 atom stereocenters. The molecule has 2 heterocycles. The maximum absolute atomic E-state index is 8.68. The molecule has 0 aliphatic rings. The second-order valence-corrected chi connectivity index (χ2v) is 2.49. The average Bonchev–Trinajstić information content (AvgIpc) is 2.27. The molecule has 7 nitrogen and oxygen atoms in total. The van der Waals surface area contributed by atoms with Crippen molar-refractivity contribution in [2.24, 2.45) is 0 Å². The van der Waals surface area contributed by atoms with Crippen LogP contribution in [0.25, 0.3) is 11.2 Å². The van der Waals surface area contributed by atoms with Gasteiger partial charge in [-0.2, -0.15) is 0 Å². The van der Waals surface area contributed by atoms with Gasteiger partial charge in [-0.15, -0.1) is 0 Å². The van der Waals surface area contributed by atoms with E-state index in [0.29, 0.717) is 11.2 Å². The van der Waals surface area contributed by atoms with Gasteiger partial charge in [-0.1, -0.05) is 0 Å². The van der Waals surface area contributed by atoms with Gasteiger partial charge in [0.1, 0.15) is 5.52 Å². The fourth-order valence-electron chi connectivity index (χ4n) is 1.05. The molecule has 0 aromatic carbocycles. The molecule has 14 heavy (non-hydrogen) atoms. The minimum atomic E-state index is 0.0127. The van der Waals surface area contributed by atoms with E-state index >= 15 is 0 Å². The van der Waals surface area contributed by atoms with Crippen molar-refractivity contribution in [2.45, 2.75) is 0 Å². The summed E-state index contributed by atoms with van der Waals surface area (Å²) in [6, 6.07) is 3.39. The number of pyridine rings is 1. The van der Waals surface area contributed by atoms with Crippen molar-refractivity contribution in [2.75, 3.05) is 11.0 Å². The van der Waals surface area contributed by atoms with E-state index in [-0.39, 0.29) is 11.6 Å². The smallest absolute Gasteiger partial charge is 0.197 e. The second-order valence-electron chi connectivity index (χ2n) is 2.49. The van der Waals surface area contributed by atoms with Crippen LogP contribution in [-0.4, -0.2) is 25.4 Å². The first-order valence-electron chi connectivity index (χ1n) is 3.78. The predicted molar refractivity (Wildman–Crippen MR) is 48.2 cm³/mol. The monoisotopic (exact) mass is 193 g/mol. The Morgan fingerprint density at radius 3 is 2.50 bits per heavy atom. The maximum atomic E-state index is 8.68.